The van der Waals surface area contributed by atoms with Crippen molar-refractivity contribution in [1.82, 2.24) is 0 Å². The van der Waals surface area contributed by atoms with Crippen molar-refractivity contribution in [3.8, 4) is 11.3 Å². The van der Waals surface area contributed by atoms with Crippen LogP contribution in [-0.4, -0.2) is 17.0 Å². The van der Waals surface area contributed by atoms with Crippen LogP contribution in [0.25, 0.3) is 11.3 Å². The number of furan rings is 1. The molecule has 0 fully saturated rings. The van der Waals surface area contributed by atoms with Crippen LogP contribution in [-0.2, 0) is 0 Å². The third-order valence-electron chi connectivity index (χ3n) is 3.96. The minimum atomic E-state index is -1.11. The normalized spacial score (nSPS) is 10.5. The lowest BCUT2D eigenvalue weighted by Gasteiger charge is -2.10. The van der Waals surface area contributed by atoms with Crippen LogP contribution in [0.3, 0.4) is 0 Å². The molecule has 0 bridgehead atoms. The van der Waals surface area contributed by atoms with Crippen LogP contribution >= 0.6 is 0 Å². The van der Waals surface area contributed by atoms with Crippen molar-refractivity contribution in [3.05, 3.63) is 77.0 Å². The Bertz CT molecular complexity index is 956. The second-order valence-corrected chi connectivity index (χ2v) is 5.77. The number of hydrogen-bond acceptors (Lipinski definition) is 3. The van der Waals surface area contributed by atoms with Gasteiger partial charge in [0.2, 0.25) is 5.76 Å². The molecular weight excluding hydrogens is 318 g/mol. The smallest absolute Gasteiger partial charge is 0.371 e. The van der Waals surface area contributed by atoms with Crippen molar-refractivity contribution in [2.24, 2.45) is 0 Å². The number of aryl methyl sites for hydroxylation is 2. The van der Waals surface area contributed by atoms with E-state index in [0.29, 0.717) is 17.0 Å². The predicted molar refractivity (Wildman–Crippen MR) is 95.0 cm³/mol. The molecule has 5 nitrogen and oxygen atoms in total. The number of aromatic carboxylic acids is 1. The quantitative estimate of drug-likeness (QED) is 0.735. The Balaban J connectivity index is 1.83. The van der Waals surface area contributed by atoms with Crippen LogP contribution in [0.1, 0.15) is 32.0 Å². The third kappa shape index (κ3) is 3.45. The standard InChI is InChI=1S/C20H17NO4/c1-12-5-3-4-6-16(12)19(22)21-14-7-8-15(13(2)11-14)17-9-10-18(25-17)20(23)24/h3-11H,1-2H3,(H,21,22)(H,23,24). The molecule has 1 heterocycles. The van der Waals surface area contributed by atoms with Crippen LogP contribution in [0, 0.1) is 13.8 Å². The first-order chi connectivity index (χ1) is 12.0. The molecule has 25 heavy (non-hydrogen) atoms. The lowest BCUT2D eigenvalue weighted by atomic mass is 10.0. The number of nitrogens with one attached hydrogen (secondary N) is 1. The Morgan fingerprint density at radius 3 is 2.36 bits per heavy atom. The zero-order valence-electron chi connectivity index (χ0n) is 13.9. The van der Waals surface area contributed by atoms with E-state index in [9.17, 15) is 9.59 Å². The molecule has 1 amide bonds. The Labute approximate surface area is 144 Å². The van der Waals surface area contributed by atoms with Gasteiger partial charge in [-0.25, -0.2) is 4.79 Å². The van der Waals surface area contributed by atoms with Crippen LogP contribution in [0.5, 0.6) is 0 Å². The maximum Gasteiger partial charge on any atom is 0.371 e. The number of benzene rings is 2. The van der Waals surface area contributed by atoms with Gasteiger partial charge in [-0.1, -0.05) is 18.2 Å². The van der Waals surface area contributed by atoms with Crippen LogP contribution in [0.15, 0.2) is 59.0 Å². The van der Waals surface area contributed by atoms with Crippen molar-refractivity contribution in [1.29, 1.82) is 0 Å². The molecule has 0 radical (unpaired) electrons. The molecule has 1 aromatic heterocycles. The molecule has 0 atom stereocenters. The van der Waals surface area contributed by atoms with Crippen LogP contribution in [0.2, 0.25) is 0 Å². The fraction of sp³-hybridized carbons (Fsp3) is 0.100. The Hall–Kier alpha value is -3.34. The van der Waals surface area contributed by atoms with Gasteiger partial charge in [-0.3, -0.25) is 4.79 Å². The molecule has 5 heteroatoms. The van der Waals surface area contributed by atoms with Crippen molar-refractivity contribution in [2.45, 2.75) is 13.8 Å². The second kappa shape index (κ2) is 6.65. The van der Waals surface area contributed by atoms with Gasteiger partial charge in [-0.2, -0.15) is 0 Å². The predicted octanol–water partition coefficient (Wildman–Crippen LogP) is 4.51. The molecule has 0 aliphatic carbocycles. The van der Waals surface area contributed by atoms with Gasteiger partial charge < -0.3 is 14.8 Å². The van der Waals surface area contributed by atoms with E-state index < -0.39 is 5.97 Å². The fourth-order valence-electron chi connectivity index (χ4n) is 2.64. The van der Waals surface area contributed by atoms with Gasteiger partial charge in [-0.15, -0.1) is 0 Å². The first kappa shape index (κ1) is 16.5. The molecule has 0 aliphatic heterocycles. The summed E-state index contributed by atoms with van der Waals surface area (Å²) in [7, 11) is 0. The summed E-state index contributed by atoms with van der Waals surface area (Å²) >= 11 is 0. The number of anilines is 1. The summed E-state index contributed by atoms with van der Waals surface area (Å²) in [6.07, 6.45) is 0. The van der Waals surface area contributed by atoms with E-state index in [1.54, 1.807) is 24.3 Å². The Morgan fingerprint density at radius 2 is 1.72 bits per heavy atom. The maximum absolute atomic E-state index is 12.4. The van der Waals surface area contributed by atoms with Crippen molar-refractivity contribution in [2.75, 3.05) is 5.32 Å². The molecule has 0 aliphatic rings. The Morgan fingerprint density at radius 1 is 0.960 bits per heavy atom. The topological polar surface area (TPSA) is 79.5 Å². The van der Waals surface area contributed by atoms with Gasteiger partial charge in [0.1, 0.15) is 5.76 Å². The molecule has 0 saturated carbocycles. The molecule has 3 rings (SSSR count). The number of carboxylic acids is 1. The average Bonchev–Trinajstić information content (AvgIpc) is 3.05. The summed E-state index contributed by atoms with van der Waals surface area (Å²) in [6, 6.07) is 15.8. The monoisotopic (exact) mass is 335 g/mol. The summed E-state index contributed by atoms with van der Waals surface area (Å²) in [5, 5.41) is 11.8. The van der Waals surface area contributed by atoms with Gasteiger partial charge in [0, 0.05) is 16.8 Å². The van der Waals surface area contributed by atoms with Gasteiger partial charge in [0.25, 0.3) is 5.91 Å². The molecule has 2 aromatic carbocycles. The van der Waals surface area contributed by atoms with Crippen molar-refractivity contribution in [3.63, 3.8) is 0 Å². The van der Waals surface area contributed by atoms with E-state index in [-0.39, 0.29) is 11.7 Å². The summed E-state index contributed by atoms with van der Waals surface area (Å²) in [4.78, 5) is 23.3. The second-order valence-electron chi connectivity index (χ2n) is 5.77. The van der Waals surface area contributed by atoms with Crippen LogP contribution < -0.4 is 5.32 Å². The van der Waals surface area contributed by atoms with E-state index in [0.717, 1.165) is 16.7 Å². The minimum Gasteiger partial charge on any atom is -0.475 e. The number of carbonyl (C=O) groups excluding carboxylic acids is 1. The molecule has 2 N–H and O–H groups in total. The van der Waals surface area contributed by atoms with Gasteiger partial charge >= 0.3 is 5.97 Å². The van der Waals surface area contributed by atoms with Crippen molar-refractivity contribution < 1.29 is 19.1 Å². The molecule has 0 saturated heterocycles. The number of rotatable bonds is 4. The zero-order chi connectivity index (χ0) is 18.0. The summed E-state index contributed by atoms with van der Waals surface area (Å²) in [6.45, 7) is 3.77. The Kier molecular flexibility index (Phi) is 4.39. The van der Waals surface area contributed by atoms with E-state index in [1.807, 2.05) is 38.1 Å². The highest BCUT2D eigenvalue weighted by Gasteiger charge is 2.13. The summed E-state index contributed by atoms with van der Waals surface area (Å²) in [5.41, 5.74) is 3.85. The lowest BCUT2D eigenvalue weighted by molar-refractivity contribution is 0.0663. The highest BCUT2D eigenvalue weighted by Crippen LogP contribution is 2.28. The molecule has 0 spiro atoms. The number of carbonyl (C=O) groups is 2. The largest absolute Gasteiger partial charge is 0.475 e. The van der Waals surface area contributed by atoms with E-state index in [4.69, 9.17) is 9.52 Å². The zero-order valence-corrected chi connectivity index (χ0v) is 13.9. The first-order valence-corrected chi connectivity index (χ1v) is 7.77. The van der Waals surface area contributed by atoms with E-state index in [2.05, 4.69) is 5.32 Å². The van der Waals surface area contributed by atoms with Crippen molar-refractivity contribution >= 4 is 17.6 Å². The van der Waals surface area contributed by atoms with Gasteiger partial charge in [-0.05, 0) is 61.4 Å². The number of amides is 1. The summed E-state index contributed by atoms with van der Waals surface area (Å²) < 4.78 is 5.33. The minimum absolute atomic E-state index is 0.105. The molecular formula is C20H17NO4. The first-order valence-electron chi connectivity index (χ1n) is 7.77. The number of hydrogen-bond donors (Lipinski definition) is 2. The SMILES string of the molecule is Cc1ccccc1C(=O)Nc1ccc(-c2ccc(C(=O)O)o2)c(C)c1. The highest BCUT2D eigenvalue weighted by molar-refractivity contribution is 6.05. The lowest BCUT2D eigenvalue weighted by Crippen LogP contribution is -2.13. The number of carboxylic acid groups (broad SMARTS) is 1. The molecule has 3 aromatic rings. The van der Waals surface area contributed by atoms with Gasteiger partial charge in [0.15, 0.2) is 0 Å². The maximum atomic E-state index is 12.4. The van der Waals surface area contributed by atoms with E-state index in [1.165, 1.54) is 6.07 Å². The molecule has 0 unspecified atom stereocenters. The third-order valence-corrected chi connectivity index (χ3v) is 3.96. The average molecular weight is 335 g/mol. The van der Waals surface area contributed by atoms with Gasteiger partial charge in [0.05, 0.1) is 0 Å². The summed E-state index contributed by atoms with van der Waals surface area (Å²) in [5.74, 6) is -0.902. The highest BCUT2D eigenvalue weighted by atomic mass is 16.4. The molecule has 126 valence electrons. The van der Waals surface area contributed by atoms with Crippen LogP contribution in [0.4, 0.5) is 5.69 Å². The fourth-order valence-corrected chi connectivity index (χ4v) is 2.64. The van der Waals surface area contributed by atoms with E-state index >= 15 is 0 Å².